The lowest BCUT2D eigenvalue weighted by Gasteiger charge is -2.34. The van der Waals surface area contributed by atoms with Gasteiger partial charge in [0.05, 0.1) is 30.3 Å². The molecule has 0 atom stereocenters. The molecular formula is C17H16ClN3O3. The van der Waals surface area contributed by atoms with Crippen LogP contribution in [-0.4, -0.2) is 28.2 Å². The molecule has 0 unspecified atom stereocenters. The number of halogens is 1. The van der Waals surface area contributed by atoms with Crippen LogP contribution in [0.2, 0.25) is 5.02 Å². The Balaban J connectivity index is 1.63. The lowest BCUT2D eigenvalue weighted by atomic mass is 10.2. The summed E-state index contributed by atoms with van der Waals surface area (Å²) in [6.45, 7) is 2.44. The zero-order valence-corrected chi connectivity index (χ0v) is 14.0. The van der Waals surface area contributed by atoms with Gasteiger partial charge in [0.1, 0.15) is 5.75 Å². The molecule has 1 aliphatic heterocycles. The fourth-order valence-electron chi connectivity index (χ4n) is 2.70. The molecule has 124 valence electrons. The molecule has 4 rings (SSSR count). The van der Waals surface area contributed by atoms with Crippen LogP contribution < -0.4 is 4.74 Å². The number of hydrogen-bond acceptors (Lipinski definition) is 5. The second-order valence-corrected chi connectivity index (χ2v) is 5.96. The normalized spacial score (nSPS) is 20.1. The maximum Gasteiger partial charge on any atom is 0.192 e. The molecule has 1 saturated heterocycles. The van der Waals surface area contributed by atoms with Gasteiger partial charge in [0.15, 0.2) is 18.2 Å². The van der Waals surface area contributed by atoms with Crippen molar-refractivity contribution in [3.05, 3.63) is 52.8 Å². The summed E-state index contributed by atoms with van der Waals surface area (Å²) >= 11 is 6.48. The Morgan fingerprint density at radius 3 is 2.62 bits per heavy atom. The fraction of sp³-hybridized carbons (Fsp3) is 0.294. The van der Waals surface area contributed by atoms with E-state index in [4.69, 9.17) is 25.8 Å². The van der Waals surface area contributed by atoms with Crippen LogP contribution in [0.3, 0.4) is 0 Å². The van der Waals surface area contributed by atoms with Crippen molar-refractivity contribution in [1.82, 2.24) is 14.8 Å². The number of rotatable bonds is 4. The summed E-state index contributed by atoms with van der Waals surface area (Å²) in [4.78, 5) is 4.49. The van der Waals surface area contributed by atoms with Crippen LogP contribution in [0.4, 0.5) is 0 Å². The summed E-state index contributed by atoms with van der Waals surface area (Å²) in [6, 6.07) is 7.84. The van der Waals surface area contributed by atoms with Crippen molar-refractivity contribution >= 4 is 22.6 Å². The van der Waals surface area contributed by atoms with E-state index in [-0.39, 0.29) is 6.29 Å². The third-order valence-electron chi connectivity index (χ3n) is 4.00. The highest BCUT2D eigenvalue weighted by Gasteiger charge is 2.31. The van der Waals surface area contributed by atoms with Crippen LogP contribution in [0.25, 0.3) is 11.0 Å². The number of aromatic nitrogens is 3. The third kappa shape index (κ3) is 2.62. The largest absolute Gasteiger partial charge is 0.497 e. The summed E-state index contributed by atoms with van der Waals surface area (Å²) in [5.74, 6) is 0.824. The lowest BCUT2D eigenvalue weighted by molar-refractivity contribution is -0.382. The third-order valence-corrected chi connectivity index (χ3v) is 4.43. The van der Waals surface area contributed by atoms with Gasteiger partial charge in [0, 0.05) is 11.8 Å². The first kappa shape index (κ1) is 15.4. The topological polar surface area (TPSA) is 58.4 Å². The highest BCUT2D eigenvalue weighted by Crippen LogP contribution is 2.37. The summed E-state index contributed by atoms with van der Waals surface area (Å²) < 4.78 is 18.0. The molecule has 0 amide bonds. The molecule has 0 N–H and O–H groups in total. The Morgan fingerprint density at radius 2 is 1.96 bits per heavy atom. The number of nitrogens with zero attached hydrogens (tertiary/aromatic N) is 3. The number of fused-ring (bicyclic) bond motifs is 1. The van der Waals surface area contributed by atoms with Gasteiger partial charge in [0.25, 0.3) is 0 Å². The molecule has 7 heteroatoms. The summed E-state index contributed by atoms with van der Waals surface area (Å²) in [7, 11) is 1.65. The second-order valence-electron chi connectivity index (χ2n) is 5.59. The van der Waals surface area contributed by atoms with E-state index >= 15 is 0 Å². The molecule has 3 aromatic rings. The average Bonchev–Trinajstić information content (AvgIpc) is 2.97. The Hall–Kier alpha value is -2.15. The predicted molar refractivity (Wildman–Crippen MR) is 89.0 cm³/mol. The molecule has 6 nitrogen and oxygen atoms in total. The van der Waals surface area contributed by atoms with E-state index in [9.17, 15) is 0 Å². The first-order valence-electron chi connectivity index (χ1n) is 7.59. The Kier molecular flexibility index (Phi) is 3.88. The van der Waals surface area contributed by atoms with Crippen molar-refractivity contribution in [3.8, 4) is 5.75 Å². The zero-order valence-electron chi connectivity index (χ0n) is 13.3. The van der Waals surface area contributed by atoms with E-state index < -0.39 is 6.29 Å². The second kappa shape index (κ2) is 6.05. The molecule has 2 aromatic heterocycles. The van der Waals surface area contributed by atoms with Gasteiger partial charge in [-0.05, 0) is 24.6 Å². The Bertz CT molecular complexity index is 873. The lowest BCUT2D eigenvalue weighted by Crippen LogP contribution is -2.31. The Morgan fingerprint density at radius 1 is 1.21 bits per heavy atom. The standard InChI is InChI=1S/C17H16ClN3O3/c1-10-23-17(24-10)14-7-19-16-13(15(14)18)8-20-21(16)9-11-3-5-12(22-2)6-4-11/h3-8,10,17H,9H2,1-2H3. The number of ether oxygens (including phenoxy) is 3. The Labute approximate surface area is 143 Å². The first-order chi connectivity index (χ1) is 11.7. The average molecular weight is 346 g/mol. The van der Waals surface area contributed by atoms with Gasteiger partial charge in [-0.2, -0.15) is 5.10 Å². The van der Waals surface area contributed by atoms with E-state index in [1.165, 1.54) is 0 Å². The van der Waals surface area contributed by atoms with Crippen molar-refractivity contribution in [2.24, 2.45) is 0 Å². The number of benzene rings is 1. The van der Waals surface area contributed by atoms with Crippen molar-refractivity contribution in [3.63, 3.8) is 0 Å². The highest BCUT2D eigenvalue weighted by atomic mass is 35.5. The molecule has 0 saturated carbocycles. The minimum Gasteiger partial charge on any atom is -0.497 e. The van der Waals surface area contributed by atoms with Crippen molar-refractivity contribution in [2.45, 2.75) is 26.0 Å². The number of hydrogen-bond donors (Lipinski definition) is 0. The summed E-state index contributed by atoms with van der Waals surface area (Å²) in [5.41, 5.74) is 2.56. The maximum atomic E-state index is 6.48. The van der Waals surface area contributed by atoms with Gasteiger partial charge in [-0.1, -0.05) is 23.7 Å². The van der Waals surface area contributed by atoms with Gasteiger partial charge in [-0.3, -0.25) is 0 Å². The van der Waals surface area contributed by atoms with Gasteiger partial charge >= 0.3 is 0 Å². The smallest absolute Gasteiger partial charge is 0.192 e. The van der Waals surface area contributed by atoms with Crippen LogP contribution in [0.1, 0.15) is 24.3 Å². The van der Waals surface area contributed by atoms with E-state index in [0.717, 1.165) is 27.9 Å². The quantitative estimate of drug-likeness (QED) is 0.724. The van der Waals surface area contributed by atoms with E-state index in [1.54, 1.807) is 19.5 Å². The first-order valence-corrected chi connectivity index (χ1v) is 7.97. The molecule has 1 aliphatic rings. The minimum atomic E-state index is -0.450. The van der Waals surface area contributed by atoms with Crippen LogP contribution in [0.15, 0.2) is 36.7 Å². The number of methoxy groups -OCH3 is 1. The fourth-order valence-corrected chi connectivity index (χ4v) is 2.97. The summed E-state index contributed by atoms with van der Waals surface area (Å²) in [5, 5.41) is 5.76. The maximum absolute atomic E-state index is 6.48. The van der Waals surface area contributed by atoms with Gasteiger partial charge in [0.2, 0.25) is 0 Å². The molecule has 0 aliphatic carbocycles. The van der Waals surface area contributed by atoms with E-state index in [2.05, 4.69) is 10.1 Å². The molecule has 3 heterocycles. The highest BCUT2D eigenvalue weighted by molar-refractivity contribution is 6.36. The van der Waals surface area contributed by atoms with Gasteiger partial charge in [-0.25, -0.2) is 9.67 Å². The van der Waals surface area contributed by atoms with E-state index in [1.807, 2.05) is 35.9 Å². The van der Waals surface area contributed by atoms with Crippen molar-refractivity contribution < 1.29 is 14.2 Å². The number of pyridine rings is 1. The molecule has 1 fully saturated rings. The van der Waals surface area contributed by atoms with Gasteiger partial charge < -0.3 is 14.2 Å². The molecule has 0 radical (unpaired) electrons. The van der Waals surface area contributed by atoms with Crippen LogP contribution in [0, 0.1) is 0 Å². The SMILES string of the molecule is COc1ccc(Cn2ncc3c(Cl)c(C4OC(C)O4)cnc32)cc1. The molecule has 0 bridgehead atoms. The van der Waals surface area contributed by atoms with E-state index in [0.29, 0.717) is 11.6 Å². The summed E-state index contributed by atoms with van der Waals surface area (Å²) in [6.07, 6.45) is 2.75. The van der Waals surface area contributed by atoms with Crippen LogP contribution in [-0.2, 0) is 16.0 Å². The zero-order chi connectivity index (χ0) is 16.7. The van der Waals surface area contributed by atoms with Crippen LogP contribution in [0.5, 0.6) is 5.75 Å². The van der Waals surface area contributed by atoms with Crippen molar-refractivity contribution in [1.29, 1.82) is 0 Å². The molecule has 24 heavy (non-hydrogen) atoms. The molecule has 0 spiro atoms. The monoisotopic (exact) mass is 345 g/mol. The van der Waals surface area contributed by atoms with Gasteiger partial charge in [-0.15, -0.1) is 0 Å². The predicted octanol–water partition coefficient (Wildman–Crippen LogP) is 3.53. The molecular weight excluding hydrogens is 330 g/mol. The van der Waals surface area contributed by atoms with Crippen LogP contribution >= 0.6 is 11.6 Å². The minimum absolute atomic E-state index is 0.209. The molecule has 1 aromatic carbocycles. The van der Waals surface area contributed by atoms with Crippen molar-refractivity contribution in [2.75, 3.05) is 7.11 Å².